The van der Waals surface area contributed by atoms with E-state index in [9.17, 15) is 0 Å². The van der Waals surface area contributed by atoms with Gasteiger partial charge in [-0.2, -0.15) is 0 Å². The average molecular weight is 993 g/mol. The van der Waals surface area contributed by atoms with Crippen molar-refractivity contribution in [3.63, 3.8) is 0 Å². The first kappa shape index (κ1) is 47.4. The van der Waals surface area contributed by atoms with Crippen LogP contribution in [-0.2, 0) is 9.47 Å². The van der Waals surface area contributed by atoms with Gasteiger partial charge in [-0.05, 0) is 97.2 Å². The van der Waals surface area contributed by atoms with Crippen molar-refractivity contribution in [1.82, 2.24) is 50.5 Å². The van der Waals surface area contributed by atoms with Crippen LogP contribution >= 0.6 is 0 Å². The minimum absolute atomic E-state index is 0.408. The molecule has 378 valence electrons. The Morgan fingerprint density at radius 2 is 0.919 bits per heavy atom. The molecule has 18 nitrogen and oxygen atoms in total. The lowest BCUT2D eigenvalue weighted by molar-refractivity contribution is 0.0852. The number of piperazine rings is 2. The quantitative estimate of drug-likeness (QED) is 0.106. The molecule has 74 heavy (non-hydrogen) atoms. The highest BCUT2D eigenvalue weighted by molar-refractivity contribution is 5.97. The third-order valence-corrected chi connectivity index (χ3v) is 14.7. The molecule has 0 spiro atoms. The highest BCUT2D eigenvalue weighted by Gasteiger charge is 2.29. The number of methoxy groups -OCH3 is 2. The van der Waals surface area contributed by atoms with E-state index in [4.69, 9.17) is 48.9 Å². The number of hydrazine groups is 1. The van der Waals surface area contributed by atoms with Gasteiger partial charge in [-0.25, -0.2) is 39.9 Å². The van der Waals surface area contributed by atoms with E-state index in [1.165, 1.54) is 11.1 Å². The predicted molar refractivity (Wildman–Crippen MR) is 287 cm³/mol. The lowest BCUT2D eigenvalue weighted by Crippen LogP contribution is -2.44. The number of fused-ring (bicyclic) bond motifs is 2. The second-order valence-corrected chi connectivity index (χ2v) is 19.1. The highest BCUT2D eigenvalue weighted by Crippen LogP contribution is 2.42. The molecule has 0 aliphatic carbocycles. The molecular formula is C56H60N14O4. The molecule has 8 aromatic rings. The van der Waals surface area contributed by atoms with Crippen LogP contribution in [0, 0.1) is 0 Å². The fourth-order valence-corrected chi connectivity index (χ4v) is 10.7. The van der Waals surface area contributed by atoms with Crippen molar-refractivity contribution in [2.45, 2.75) is 37.5 Å². The maximum Gasteiger partial charge on any atom is 0.162 e. The summed E-state index contributed by atoms with van der Waals surface area (Å²) in [7, 11) is 3.32. The maximum atomic E-state index is 5.86. The van der Waals surface area contributed by atoms with Gasteiger partial charge in [0.15, 0.2) is 23.3 Å². The molecule has 6 aromatic heterocycles. The number of hydrogen-bond donors (Lipinski definition) is 2. The average Bonchev–Trinajstić information content (AvgIpc) is 3.48. The van der Waals surface area contributed by atoms with Crippen LogP contribution in [0.4, 0.5) is 34.6 Å². The Hall–Kier alpha value is -7.64. The van der Waals surface area contributed by atoms with Crippen molar-refractivity contribution in [2.75, 3.05) is 113 Å². The summed E-state index contributed by atoms with van der Waals surface area (Å²) in [5.74, 6) is 6.04. The third-order valence-electron chi connectivity index (χ3n) is 14.7. The van der Waals surface area contributed by atoms with Crippen molar-refractivity contribution >= 4 is 56.5 Å². The molecule has 10 heterocycles. The molecule has 0 bridgehead atoms. The summed E-state index contributed by atoms with van der Waals surface area (Å²) in [6.45, 7) is 9.54. The Balaban J connectivity index is 1.03. The van der Waals surface area contributed by atoms with Gasteiger partial charge in [0.2, 0.25) is 0 Å². The Morgan fingerprint density at radius 3 is 1.31 bits per heavy atom. The van der Waals surface area contributed by atoms with Gasteiger partial charge in [-0.3, -0.25) is 9.97 Å². The van der Waals surface area contributed by atoms with E-state index in [1.807, 2.05) is 24.5 Å². The highest BCUT2D eigenvalue weighted by atomic mass is 16.5. The van der Waals surface area contributed by atoms with Crippen LogP contribution in [0.15, 0.2) is 110 Å². The zero-order valence-corrected chi connectivity index (χ0v) is 41.9. The minimum atomic E-state index is 0.408. The van der Waals surface area contributed by atoms with Crippen LogP contribution in [0.25, 0.3) is 44.6 Å². The van der Waals surface area contributed by atoms with E-state index in [0.717, 1.165) is 149 Å². The van der Waals surface area contributed by atoms with Crippen molar-refractivity contribution in [2.24, 2.45) is 0 Å². The molecular weight excluding hydrogens is 933 g/mol. The monoisotopic (exact) mass is 992 g/mol. The van der Waals surface area contributed by atoms with Gasteiger partial charge in [-0.15, -0.1) is 0 Å². The van der Waals surface area contributed by atoms with Gasteiger partial charge in [-0.1, -0.05) is 24.3 Å². The molecule has 4 aliphatic heterocycles. The summed E-state index contributed by atoms with van der Waals surface area (Å²) in [5, 5.41) is 12.9. The van der Waals surface area contributed by atoms with Crippen LogP contribution < -0.4 is 39.9 Å². The Kier molecular flexibility index (Phi) is 13.7. The van der Waals surface area contributed by atoms with E-state index < -0.39 is 0 Å². The molecule has 0 amide bonds. The van der Waals surface area contributed by atoms with Crippen LogP contribution in [0.5, 0.6) is 11.5 Å². The summed E-state index contributed by atoms with van der Waals surface area (Å²) >= 11 is 0. The van der Waals surface area contributed by atoms with Gasteiger partial charge >= 0.3 is 0 Å². The number of nitrogens with zero attached hydrogens (tertiary/aromatic N) is 12. The summed E-state index contributed by atoms with van der Waals surface area (Å²) in [6, 6.07) is 25.8. The molecule has 0 radical (unpaired) electrons. The standard InChI is InChI=1S/C56H60N14O4/c1-71-47-35-59-33-45-51(47)55(67-23-19-57-20-24-67)65-53(63-45)41-11-17-61-49(31-41)69(43-7-3-37(4-8-43)39-13-27-73-28-14-39)70(44-9-5-38(6-10-44)40-15-29-74-30-16-40)50-32-42(12-18-62-50)54-64-46-34-60-36-48(72-2)52(46)56(66-54)68-25-21-58-22-26-68/h3-12,17-18,31-36,39-40,57-58H,13-16,19-30H2,1-2H3. The fourth-order valence-electron chi connectivity index (χ4n) is 10.7. The van der Waals surface area contributed by atoms with Crippen molar-refractivity contribution in [3.8, 4) is 34.3 Å². The molecule has 0 saturated carbocycles. The van der Waals surface area contributed by atoms with Crippen LogP contribution in [0.2, 0.25) is 0 Å². The van der Waals surface area contributed by atoms with Crippen molar-refractivity contribution < 1.29 is 18.9 Å². The second kappa shape index (κ2) is 21.4. The van der Waals surface area contributed by atoms with Crippen LogP contribution in [-0.4, -0.2) is 133 Å². The molecule has 2 aromatic carbocycles. The number of hydrogen-bond acceptors (Lipinski definition) is 18. The number of pyridine rings is 4. The summed E-state index contributed by atoms with van der Waals surface area (Å²) in [4.78, 5) is 45.0. The zero-order valence-electron chi connectivity index (χ0n) is 41.9. The summed E-state index contributed by atoms with van der Waals surface area (Å²) in [5.41, 5.74) is 7.26. The Morgan fingerprint density at radius 1 is 0.514 bits per heavy atom. The number of benzene rings is 2. The number of ether oxygens (including phenoxy) is 4. The first-order valence-electron chi connectivity index (χ1n) is 25.8. The predicted octanol–water partition coefficient (Wildman–Crippen LogP) is 8.00. The van der Waals surface area contributed by atoms with E-state index in [1.54, 1.807) is 39.0 Å². The number of aromatic nitrogens is 8. The molecule has 0 atom stereocenters. The van der Waals surface area contributed by atoms with Crippen LogP contribution in [0.3, 0.4) is 0 Å². The maximum absolute atomic E-state index is 5.86. The molecule has 4 saturated heterocycles. The first-order valence-corrected chi connectivity index (χ1v) is 25.8. The lowest BCUT2D eigenvalue weighted by atomic mass is 9.91. The van der Waals surface area contributed by atoms with Crippen molar-refractivity contribution in [3.05, 3.63) is 121 Å². The minimum Gasteiger partial charge on any atom is -0.494 e. The summed E-state index contributed by atoms with van der Waals surface area (Å²) < 4.78 is 23.3. The second-order valence-electron chi connectivity index (χ2n) is 19.1. The smallest absolute Gasteiger partial charge is 0.162 e. The van der Waals surface area contributed by atoms with E-state index in [-0.39, 0.29) is 0 Å². The SMILES string of the molecule is COc1cncc2nc(-c3ccnc(N(c4ccc(C5CCOCC5)cc4)N(c4ccc(C5CCOCC5)cc4)c4cc(-c5nc(N6CCNCC6)c6c(OC)cncc6n5)ccn4)c3)nc(N3CCNCC3)c12. The fraction of sp³-hybridized carbons (Fsp3) is 0.357. The van der Waals surface area contributed by atoms with Gasteiger partial charge in [0, 0.05) is 102 Å². The molecule has 18 heteroatoms. The van der Waals surface area contributed by atoms with Gasteiger partial charge in [0.25, 0.3) is 0 Å². The zero-order chi connectivity index (χ0) is 49.8. The number of nitrogens with one attached hydrogen (secondary N) is 2. The Bertz CT molecular complexity index is 3020. The van der Waals surface area contributed by atoms with Gasteiger partial charge < -0.3 is 39.4 Å². The van der Waals surface area contributed by atoms with E-state index in [2.05, 4.69) is 101 Å². The van der Waals surface area contributed by atoms with E-state index in [0.29, 0.717) is 57.7 Å². The largest absolute Gasteiger partial charge is 0.494 e. The van der Waals surface area contributed by atoms with Gasteiger partial charge in [0.1, 0.15) is 23.1 Å². The first-order chi connectivity index (χ1) is 36.6. The number of anilines is 6. The van der Waals surface area contributed by atoms with Gasteiger partial charge in [0.05, 0.1) is 72.2 Å². The lowest BCUT2D eigenvalue weighted by Gasteiger charge is -2.37. The normalized spacial score (nSPS) is 16.9. The molecule has 4 aliphatic rings. The summed E-state index contributed by atoms with van der Waals surface area (Å²) in [6.07, 6.45) is 14.6. The van der Waals surface area contributed by atoms with E-state index >= 15 is 0 Å². The molecule has 4 fully saturated rings. The van der Waals surface area contributed by atoms with Crippen molar-refractivity contribution in [1.29, 1.82) is 0 Å². The number of rotatable bonds is 13. The third kappa shape index (κ3) is 9.56. The Labute approximate surface area is 430 Å². The topological polar surface area (TPSA) is 177 Å². The van der Waals surface area contributed by atoms with Crippen LogP contribution in [0.1, 0.15) is 48.6 Å². The molecule has 2 N–H and O–H groups in total. The molecule has 12 rings (SSSR count). The molecule has 0 unspecified atom stereocenters.